The van der Waals surface area contributed by atoms with Gasteiger partial charge >= 0.3 is 0 Å². The molecular weight excluding hydrogens is 230 g/mol. The van der Waals surface area contributed by atoms with Crippen LogP contribution < -0.4 is 15.2 Å². The van der Waals surface area contributed by atoms with Crippen molar-refractivity contribution < 1.29 is 9.47 Å². The van der Waals surface area contributed by atoms with Gasteiger partial charge in [-0.15, -0.1) is 0 Å². The minimum Gasteiger partial charge on any atom is -0.493 e. The molecule has 0 aliphatic rings. The van der Waals surface area contributed by atoms with Gasteiger partial charge in [0.1, 0.15) is 5.75 Å². The summed E-state index contributed by atoms with van der Waals surface area (Å²) in [6, 6.07) is 5.52. The summed E-state index contributed by atoms with van der Waals surface area (Å²) in [5.41, 5.74) is 7.34. The van der Waals surface area contributed by atoms with Crippen molar-refractivity contribution >= 4 is 5.69 Å². The molecule has 96 valence electrons. The number of hydrogen-bond acceptors (Lipinski definition) is 4. The maximum atomic E-state index is 5.86. The van der Waals surface area contributed by atoms with Crippen LogP contribution in [0.3, 0.4) is 0 Å². The lowest BCUT2D eigenvalue weighted by molar-refractivity contribution is 0.242. The van der Waals surface area contributed by atoms with E-state index >= 15 is 0 Å². The van der Waals surface area contributed by atoms with Crippen LogP contribution in [0, 0.1) is 0 Å². The molecule has 0 aliphatic heterocycles. The summed E-state index contributed by atoms with van der Waals surface area (Å²) in [5, 5.41) is 4.20. The van der Waals surface area contributed by atoms with Gasteiger partial charge in [0.25, 0.3) is 0 Å². The van der Waals surface area contributed by atoms with E-state index in [9.17, 15) is 0 Å². The summed E-state index contributed by atoms with van der Waals surface area (Å²) < 4.78 is 12.4. The number of ether oxygens (including phenoxy) is 2. The van der Waals surface area contributed by atoms with Gasteiger partial charge in [0.15, 0.2) is 5.75 Å². The maximum Gasteiger partial charge on any atom is 0.157 e. The lowest BCUT2D eigenvalue weighted by Gasteiger charge is -2.12. The number of benzene rings is 1. The largest absolute Gasteiger partial charge is 0.493 e. The minimum atomic E-state index is 0.104. The third-order valence-electron chi connectivity index (χ3n) is 2.34. The van der Waals surface area contributed by atoms with Gasteiger partial charge in [0.05, 0.1) is 31.3 Å². The second-order valence-corrected chi connectivity index (χ2v) is 4.25. The predicted octanol–water partition coefficient (Wildman–Crippen LogP) is 2.25. The molecule has 2 rings (SSSR count). The van der Waals surface area contributed by atoms with Gasteiger partial charge in [-0.3, -0.25) is 0 Å². The van der Waals surface area contributed by atoms with Crippen molar-refractivity contribution in [2.24, 2.45) is 0 Å². The van der Waals surface area contributed by atoms with Crippen LogP contribution in [0.25, 0.3) is 5.69 Å². The van der Waals surface area contributed by atoms with E-state index in [4.69, 9.17) is 15.2 Å². The van der Waals surface area contributed by atoms with Gasteiger partial charge < -0.3 is 15.2 Å². The smallest absolute Gasteiger partial charge is 0.157 e. The van der Waals surface area contributed by atoms with E-state index in [-0.39, 0.29) is 6.10 Å². The highest BCUT2D eigenvalue weighted by Gasteiger charge is 2.06. The first-order chi connectivity index (χ1) is 8.58. The Labute approximate surface area is 106 Å². The molecular formula is C13H17N3O2. The zero-order valence-electron chi connectivity index (χ0n) is 10.8. The van der Waals surface area contributed by atoms with Crippen molar-refractivity contribution in [2.45, 2.75) is 20.0 Å². The molecule has 0 saturated heterocycles. The van der Waals surface area contributed by atoms with Crippen LogP contribution in [-0.4, -0.2) is 23.0 Å². The zero-order valence-corrected chi connectivity index (χ0v) is 10.8. The number of aromatic nitrogens is 2. The summed E-state index contributed by atoms with van der Waals surface area (Å²) in [7, 11) is 1.61. The summed E-state index contributed by atoms with van der Waals surface area (Å²) in [6.45, 7) is 3.94. The summed E-state index contributed by atoms with van der Waals surface area (Å²) >= 11 is 0. The van der Waals surface area contributed by atoms with Crippen molar-refractivity contribution in [3.05, 3.63) is 30.6 Å². The van der Waals surface area contributed by atoms with E-state index in [2.05, 4.69) is 5.10 Å². The van der Waals surface area contributed by atoms with Gasteiger partial charge in [-0.2, -0.15) is 5.10 Å². The average molecular weight is 247 g/mol. The van der Waals surface area contributed by atoms with Crippen molar-refractivity contribution in [3.63, 3.8) is 0 Å². The standard InChI is InChI=1S/C13H17N3O2/c1-9(2)18-12-5-10(14)4-11(6-12)16-8-13(17-3)7-15-16/h4-9H,14H2,1-3H3. The monoisotopic (exact) mass is 247 g/mol. The van der Waals surface area contributed by atoms with Gasteiger partial charge in [-0.25, -0.2) is 4.68 Å². The van der Waals surface area contributed by atoms with Crippen molar-refractivity contribution in [1.82, 2.24) is 9.78 Å². The third-order valence-corrected chi connectivity index (χ3v) is 2.34. The molecule has 0 spiro atoms. The zero-order chi connectivity index (χ0) is 13.1. The minimum absolute atomic E-state index is 0.104. The molecule has 0 unspecified atom stereocenters. The molecule has 0 atom stereocenters. The topological polar surface area (TPSA) is 62.3 Å². The van der Waals surface area contributed by atoms with E-state index < -0.39 is 0 Å². The van der Waals surface area contributed by atoms with Crippen LogP contribution in [0.15, 0.2) is 30.6 Å². The lowest BCUT2D eigenvalue weighted by atomic mass is 10.2. The number of rotatable bonds is 4. The molecule has 2 N–H and O–H groups in total. The van der Waals surface area contributed by atoms with Crippen molar-refractivity contribution in [2.75, 3.05) is 12.8 Å². The van der Waals surface area contributed by atoms with Crippen molar-refractivity contribution in [1.29, 1.82) is 0 Å². The summed E-state index contributed by atoms with van der Waals surface area (Å²) in [5.74, 6) is 1.43. The summed E-state index contributed by atoms with van der Waals surface area (Å²) in [6.07, 6.45) is 3.53. The first-order valence-electron chi connectivity index (χ1n) is 5.74. The number of methoxy groups -OCH3 is 1. The lowest BCUT2D eigenvalue weighted by Crippen LogP contribution is -2.06. The molecule has 0 bridgehead atoms. The highest BCUT2D eigenvalue weighted by atomic mass is 16.5. The number of anilines is 1. The Morgan fingerprint density at radius 1 is 1.22 bits per heavy atom. The maximum absolute atomic E-state index is 5.86. The highest BCUT2D eigenvalue weighted by Crippen LogP contribution is 2.23. The van der Waals surface area contributed by atoms with E-state index in [1.807, 2.05) is 26.0 Å². The second kappa shape index (κ2) is 5.00. The van der Waals surface area contributed by atoms with E-state index in [1.54, 1.807) is 30.3 Å². The molecule has 0 amide bonds. The molecule has 2 aromatic rings. The Kier molecular flexibility index (Phi) is 3.41. The van der Waals surface area contributed by atoms with E-state index in [1.165, 1.54) is 0 Å². The molecule has 1 aromatic heterocycles. The van der Waals surface area contributed by atoms with Crippen LogP contribution in [-0.2, 0) is 0 Å². The Hall–Kier alpha value is -2.17. The molecule has 5 heteroatoms. The van der Waals surface area contributed by atoms with Crippen LogP contribution in [0.2, 0.25) is 0 Å². The Balaban J connectivity index is 2.35. The quantitative estimate of drug-likeness (QED) is 0.842. The summed E-state index contributed by atoms with van der Waals surface area (Å²) in [4.78, 5) is 0. The first kappa shape index (κ1) is 12.3. The SMILES string of the molecule is COc1cnn(-c2cc(N)cc(OC(C)C)c2)c1. The van der Waals surface area contributed by atoms with Gasteiger partial charge in [-0.05, 0) is 19.9 Å². The van der Waals surface area contributed by atoms with Crippen LogP contribution in [0.1, 0.15) is 13.8 Å². The molecule has 1 aromatic carbocycles. The molecule has 5 nitrogen and oxygen atoms in total. The fourth-order valence-corrected chi connectivity index (χ4v) is 1.63. The molecule has 1 heterocycles. The molecule has 0 radical (unpaired) electrons. The second-order valence-electron chi connectivity index (χ2n) is 4.25. The average Bonchev–Trinajstić information content (AvgIpc) is 2.75. The van der Waals surface area contributed by atoms with Crippen LogP contribution in [0.4, 0.5) is 5.69 Å². The van der Waals surface area contributed by atoms with Crippen molar-refractivity contribution in [3.8, 4) is 17.2 Å². The Bertz CT molecular complexity index is 535. The first-order valence-corrected chi connectivity index (χ1v) is 5.74. The highest BCUT2D eigenvalue weighted by molar-refractivity contribution is 5.53. The number of nitrogens with zero attached hydrogens (tertiary/aromatic N) is 2. The van der Waals surface area contributed by atoms with Crippen LogP contribution >= 0.6 is 0 Å². The van der Waals surface area contributed by atoms with E-state index in [0.29, 0.717) is 11.4 Å². The third kappa shape index (κ3) is 2.74. The molecule has 18 heavy (non-hydrogen) atoms. The van der Waals surface area contributed by atoms with Gasteiger partial charge in [-0.1, -0.05) is 0 Å². The molecule has 0 saturated carbocycles. The van der Waals surface area contributed by atoms with Crippen LogP contribution in [0.5, 0.6) is 11.5 Å². The fraction of sp³-hybridized carbons (Fsp3) is 0.308. The molecule has 0 aliphatic carbocycles. The van der Waals surface area contributed by atoms with E-state index in [0.717, 1.165) is 11.4 Å². The van der Waals surface area contributed by atoms with Gasteiger partial charge in [0.2, 0.25) is 0 Å². The Morgan fingerprint density at radius 3 is 2.61 bits per heavy atom. The molecule has 0 fully saturated rings. The fourth-order valence-electron chi connectivity index (χ4n) is 1.63. The predicted molar refractivity (Wildman–Crippen MR) is 70.3 cm³/mol. The normalized spacial score (nSPS) is 10.7. The number of nitrogens with two attached hydrogens (primary N) is 1. The number of hydrogen-bond donors (Lipinski definition) is 1. The van der Waals surface area contributed by atoms with Gasteiger partial charge in [0, 0.05) is 17.8 Å². The Morgan fingerprint density at radius 2 is 2.00 bits per heavy atom. The number of nitrogen functional groups attached to an aromatic ring is 1.